The van der Waals surface area contributed by atoms with Gasteiger partial charge in [-0.3, -0.25) is 14.4 Å². The number of carbonyl (C=O) groups excluding carboxylic acids is 3. The van der Waals surface area contributed by atoms with Crippen LogP contribution in [0.2, 0.25) is 0 Å². The summed E-state index contributed by atoms with van der Waals surface area (Å²) in [5.41, 5.74) is 0. The van der Waals surface area contributed by atoms with Gasteiger partial charge in [0.2, 0.25) is 0 Å². The zero-order chi connectivity index (χ0) is 42.4. The molecule has 0 saturated carbocycles. The van der Waals surface area contributed by atoms with Crippen LogP contribution in [0.4, 0.5) is 0 Å². The van der Waals surface area contributed by atoms with Gasteiger partial charge in [0.05, 0.1) is 0 Å². The zero-order valence-electron chi connectivity index (χ0n) is 39.5. The smallest absolute Gasteiger partial charge is 0.306 e. The molecule has 0 fully saturated rings. The summed E-state index contributed by atoms with van der Waals surface area (Å²) < 4.78 is 16.8. The van der Waals surface area contributed by atoms with Crippen molar-refractivity contribution in [1.29, 1.82) is 0 Å². The molecule has 58 heavy (non-hydrogen) atoms. The molecule has 0 aliphatic rings. The number of hydrogen-bond acceptors (Lipinski definition) is 6. The normalized spacial score (nSPS) is 12.4. The number of rotatable bonds is 47. The first-order chi connectivity index (χ1) is 28.4. The van der Waals surface area contributed by atoms with Crippen molar-refractivity contribution in [1.82, 2.24) is 0 Å². The van der Waals surface area contributed by atoms with E-state index < -0.39 is 6.10 Å². The third-order valence-corrected chi connectivity index (χ3v) is 12.2. The Morgan fingerprint density at radius 1 is 0.345 bits per heavy atom. The van der Waals surface area contributed by atoms with Crippen LogP contribution in [0.25, 0.3) is 0 Å². The van der Waals surface area contributed by atoms with Crippen LogP contribution in [-0.2, 0) is 28.6 Å². The Kier molecular flexibility index (Phi) is 45.2. The minimum Gasteiger partial charge on any atom is -0.462 e. The van der Waals surface area contributed by atoms with Gasteiger partial charge in [0.25, 0.3) is 0 Å². The van der Waals surface area contributed by atoms with Gasteiger partial charge in [-0.05, 0) is 25.2 Å². The molecule has 344 valence electrons. The molecule has 6 nitrogen and oxygen atoms in total. The van der Waals surface area contributed by atoms with Gasteiger partial charge in [0.1, 0.15) is 13.2 Å². The van der Waals surface area contributed by atoms with Gasteiger partial charge in [-0.2, -0.15) is 0 Å². The fourth-order valence-electron chi connectivity index (χ4n) is 7.83. The second-order valence-electron chi connectivity index (χ2n) is 18.1. The number of carbonyl (C=O) groups is 3. The second-order valence-corrected chi connectivity index (χ2v) is 18.1. The van der Waals surface area contributed by atoms with E-state index in [1.807, 2.05) is 0 Å². The fraction of sp³-hybridized carbons (Fsp3) is 0.942. The molecule has 0 heterocycles. The summed E-state index contributed by atoms with van der Waals surface area (Å²) in [4.78, 5) is 37.9. The Labute approximate surface area is 361 Å². The minimum absolute atomic E-state index is 0.0634. The van der Waals surface area contributed by atoms with Gasteiger partial charge in [-0.25, -0.2) is 0 Å². The highest BCUT2D eigenvalue weighted by molar-refractivity contribution is 5.71. The molecule has 0 aromatic heterocycles. The van der Waals surface area contributed by atoms with Crippen molar-refractivity contribution in [3.05, 3.63) is 0 Å². The van der Waals surface area contributed by atoms with Gasteiger partial charge >= 0.3 is 17.9 Å². The van der Waals surface area contributed by atoms with Crippen molar-refractivity contribution in [3.8, 4) is 0 Å². The molecule has 0 bridgehead atoms. The van der Waals surface area contributed by atoms with Crippen LogP contribution in [-0.4, -0.2) is 37.2 Å². The topological polar surface area (TPSA) is 78.9 Å². The van der Waals surface area contributed by atoms with Crippen molar-refractivity contribution in [2.45, 2.75) is 297 Å². The lowest BCUT2D eigenvalue weighted by Gasteiger charge is -2.18. The quantitative estimate of drug-likeness (QED) is 0.0346. The SMILES string of the molecule is CCCCCCCCCCCCCCCCCCCCC(=O)O[C@@H](COC(=O)CCCCCCCCCCCC)COC(=O)CCCCCCCCCCC(C)CC. The first-order valence-electron chi connectivity index (χ1n) is 25.9. The zero-order valence-corrected chi connectivity index (χ0v) is 39.5. The summed E-state index contributed by atoms with van der Waals surface area (Å²) in [6, 6.07) is 0. The molecule has 2 atom stereocenters. The van der Waals surface area contributed by atoms with Gasteiger partial charge in [0, 0.05) is 19.3 Å². The summed E-state index contributed by atoms with van der Waals surface area (Å²) in [7, 11) is 0. The van der Waals surface area contributed by atoms with Crippen LogP contribution < -0.4 is 0 Å². The first kappa shape index (κ1) is 56.4. The van der Waals surface area contributed by atoms with E-state index in [9.17, 15) is 14.4 Å². The maximum atomic E-state index is 12.8. The molecule has 0 rings (SSSR count). The molecule has 0 N–H and O–H groups in total. The van der Waals surface area contributed by atoms with Crippen molar-refractivity contribution in [2.24, 2.45) is 5.92 Å². The number of ether oxygens (including phenoxy) is 3. The van der Waals surface area contributed by atoms with Crippen molar-refractivity contribution in [3.63, 3.8) is 0 Å². The van der Waals surface area contributed by atoms with E-state index in [1.54, 1.807) is 0 Å². The lowest BCUT2D eigenvalue weighted by molar-refractivity contribution is -0.167. The average Bonchev–Trinajstić information content (AvgIpc) is 3.22. The molecule has 0 aliphatic heterocycles. The Morgan fingerprint density at radius 2 is 0.603 bits per heavy atom. The molecule has 6 heteroatoms. The van der Waals surface area contributed by atoms with Crippen LogP contribution in [0.5, 0.6) is 0 Å². The number of esters is 3. The average molecular weight is 821 g/mol. The second kappa shape index (κ2) is 46.5. The van der Waals surface area contributed by atoms with E-state index in [-0.39, 0.29) is 31.1 Å². The molecule has 0 spiro atoms. The van der Waals surface area contributed by atoms with E-state index in [4.69, 9.17) is 14.2 Å². The van der Waals surface area contributed by atoms with Crippen LogP contribution in [0.3, 0.4) is 0 Å². The number of hydrogen-bond donors (Lipinski definition) is 0. The van der Waals surface area contributed by atoms with Crippen molar-refractivity contribution >= 4 is 17.9 Å². The lowest BCUT2D eigenvalue weighted by atomic mass is 9.99. The van der Waals surface area contributed by atoms with Crippen LogP contribution >= 0.6 is 0 Å². The molecule has 0 aromatic carbocycles. The molecule has 0 radical (unpaired) electrons. The highest BCUT2D eigenvalue weighted by atomic mass is 16.6. The Morgan fingerprint density at radius 3 is 0.897 bits per heavy atom. The Bertz CT molecular complexity index is 874. The Hall–Kier alpha value is -1.59. The Balaban J connectivity index is 4.27. The fourth-order valence-corrected chi connectivity index (χ4v) is 7.83. The van der Waals surface area contributed by atoms with E-state index in [0.717, 1.165) is 63.7 Å². The molecular weight excluding hydrogens is 721 g/mol. The number of unbranched alkanes of at least 4 members (excludes halogenated alkanes) is 33. The highest BCUT2D eigenvalue weighted by Crippen LogP contribution is 2.17. The largest absolute Gasteiger partial charge is 0.462 e. The van der Waals surface area contributed by atoms with Gasteiger partial charge in [-0.1, -0.05) is 252 Å². The summed E-state index contributed by atoms with van der Waals surface area (Å²) in [6.07, 6.45) is 48.0. The molecule has 0 amide bonds. The molecule has 0 aliphatic carbocycles. The third-order valence-electron chi connectivity index (χ3n) is 12.2. The lowest BCUT2D eigenvalue weighted by Crippen LogP contribution is -2.30. The maximum absolute atomic E-state index is 12.8. The van der Waals surface area contributed by atoms with Gasteiger partial charge in [-0.15, -0.1) is 0 Å². The van der Waals surface area contributed by atoms with E-state index >= 15 is 0 Å². The van der Waals surface area contributed by atoms with Gasteiger partial charge in [0.15, 0.2) is 6.10 Å². The monoisotopic (exact) mass is 821 g/mol. The van der Waals surface area contributed by atoms with E-state index in [2.05, 4.69) is 27.7 Å². The molecule has 0 aromatic rings. The minimum atomic E-state index is -0.760. The predicted octanol–water partition coefficient (Wildman–Crippen LogP) is 16.7. The summed E-state index contributed by atoms with van der Waals surface area (Å²) in [5.74, 6) is 0.0000288. The molecule has 0 saturated heterocycles. The van der Waals surface area contributed by atoms with Crippen LogP contribution in [0, 0.1) is 5.92 Å². The maximum Gasteiger partial charge on any atom is 0.306 e. The molecular formula is C52H100O6. The predicted molar refractivity (Wildman–Crippen MR) is 247 cm³/mol. The molecule has 1 unspecified atom stereocenters. The van der Waals surface area contributed by atoms with Crippen molar-refractivity contribution < 1.29 is 28.6 Å². The van der Waals surface area contributed by atoms with E-state index in [0.29, 0.717) is 19.3 Å². The summed E-state index contributed by atoms with van der Waals surface area (Å²) in [5, 5.41) is 0. The standard InChI is InChI=1S/C52H100O6/c1-5-8-10-12-14-16-18-19-20-21-22-23-24-25-27-33-37-41-45-52(55)58-49(46-56-50(53)43-39-35-31-26-17-15-13-11-9-6-2)47-57-51(54)44-40-36-32-29-28-30-34-38-42-48(4)7-3/h48-49H,5-47H2,1-4H3/t48?,49-/m0/s1. The third kappa shape index (κ3) is 44.0. The highest BCUT2D eigenvalue weighted by Gasteiger charge is 2.19. The first-order valence-corrected chi connectivity index (χ1v) is 25.9. The van der Waals surface area contributed by atoms with E-state index in [1.165, 1.54) is 186 Å². The van der Waals surface area contributed by atoms with Crippen LogP contribution in [0.15, 0.2) is 0 Å². The van der Waals surface area contributed by atoms with Crippen molar-refractivity contribution in [2.75, 3.05) is 13.2 Å². The summed E-state index contributed by atoms with van der Waals surface area (Å²) in [6.45, 7) is 9.02. The summed E-state index contributed by atoms with van der Waals surface area (Å²) >= 11 is 0. The van der Waals surface area contributed by atoms with Crippen LogP contribution in [0.1, 0.15) is 291 Å². The van der Waals surface area contributed by atoms with Gasteiger partial charge < -0.3 is 14.2 Å².